The highest BCUT2D eigenvalue weighted by atomic mass is 19.4. The average Bonchev–Trinajstić information content (AvgIpc) is 3.65. The Morgan fingerprint density at radius 1 is 1.21 bits per heavy atom. The first kappa shape index (κ1) is 29.1. The monoisotopic (exact) mass is 594 g/mol. The van der Waals surface area contributed by atoms with E-state index in [1.54, 1.807) is 6.20 Å². The lowest BCUT2D eigenvalue weighted by atomic mass is 9.69. The number of nitriles is 1. The number of aliphatic hydroxyl groups excluding tert-OH is 1. The van der Waals surface area contributed by atoms with Crippen molar-refractivity contribution in [2.45, 2.75) is 62.5 Å². The Morgan fingerprint density at radius 2 is 2.02 bits per heavy atom. The second kappa shape index (κ2) is 11.9. The molecule has 1 saturated heterocycles. The highest BCUT2D eigenvalue weighted by Gasteiger charge is 2.49. The number of alkyl halides is 3. The molecular weight excluding hydrogens is 561 g/mol. The van der Waals surface area contributed by atoms with E-state index in [2.05, 4.69) is 36.3 Å². The minimum Gasteiger partial charge on any atom is -0.474 e. The van der Waals surface area contributed by atoms with Crippen LogP contribution in [0.15, 0.2) is 49.1 Å². The number of piperidine rings is 1. The predicted octanol–water partition coefficient (Wildman–Crippen LogP) is 4.24. The molecule has 2 aliphatic rings. The van der Waals surface area contributed by atoms with Gasteiger partial charge in [-0.05, 0) is 55.0 Å². The first-order valence-corrected chi connectivity index (χ1v) is 14.4. The standard InChI is InChI=1S/C30H33F3N8O2/c31-30(32,33)26-13-20(17-35-9-12-42)14-27(39-26)43-23-3-10-40(11-4-23)22-15-29(16-22,5-6-34)41-19-21(18-38-41)24-1-7-36-28-25(24)2-8-37-28/h1-2,7-8,13-14,18-19,22-23,35,42H,3-5,9-12,15-17H2,(H,36,37). The van der Waals surface area contributed by atoms with Gasteiger partial charge in [-0.15, -0.1) is 0 Å². The number of nitrogens with zero attached hydrogens (tertiary/aromatic N) is 6. The first-order chi connectivity index (χ1) is 20.8. The summed E-state index contributed by atoms with van der Waals surface area (Å²) in [4.78, 5) is 13.6. The summed E-state index contributed by atoms with van der Waals surface area (Å²) < 4.78 is 48.3. The molecule has 0 atom stereocenters. The van der Waals surface area contributed by atoms with Gasteiger partial charge in [0.25, 0.3) is 0 Å². The number of ether oxygens (including phenoxy) is 1. The molecule has 6 rings (SSSR count). The molecule has 0 aromatic carbocycles. The maximum Gasteiger partial charge on any atom is 0.433 e. The molecule has 1 saturated carbocycles. The van der Waals surface area contributed by atoms with Crippen molar-refractivity contribution in [3.63, 3.8) is 0 Å². The molecule has 226 valence electrons. The summed E-state index contributed by atoms with van der Waals surface area (Å²) >= 11 is 0. The molecule has 0 spiro atoms. The topological polar surface area (TPSA) is 128 Å². The van der Waals surface area contributed by atoms with Crippen LogP contribution in [-0.2, 0) is 18.3 Å². The molecule has 13 heteroatoms. The summed E-state index contributed by atoms with van der Waals surface area (Å²) in [5.41, 5.74) is 1.85. The molecule has 43 heavy (non-hydrogen) atoms. The van der Waals surface area contributed by atoms with Crippen LogP contribution >= 0.6 is 0 Å². The van der Waals surface area contributed by atoms with Gasteiger partial charge in [-0.25, -0.2) is 9.97 Å². The zero-order valence-electron chi connectivity index (χ0n) is 23.5. The largest absolute Gasteiger partial charge is 0.474 e. The third-order valence-corrected chi connectivity index (χ3v) is 8.53. The smallest absolute Gasteiger partial charge is 0.433 e. The number of likely N-dealkylation sites (tertiary alicyclic amines) is 1. The van der Waals surface area contributed by atoms with Crippen LogP contribution in [0.5, 0.6) is 5.88 Å². The van der Waals surface area contributed by atoms with E-state index in [0.717, 1.165) is 54.2 Å². The number of H-pyrrole nitrogens is 1. The van der Waals surface area contributed by atoms with E-state index in [0.29, 0.717) is 24.8 Å². The lowest BCUT2D eigenvalue weighted by Crippen LogP contribution is -2.58. The average molecular weight is 595 g/mol. The van der Waals surface area contributed by atoms with Crippen molar-refractivity contribution in [3.05, 3.63) is 60.3 Å². The van der Waals surface area contributed by atoms with Gasteiger partial charge >= 0.3 is 6.18 Å². The lowest BCUT2D eigenvalue weighted by Gasteiger charge is -2.52. The highest BCUT2D eigenvalue weighted by molar-refractivity contribution is 5.92. The van der Waals surface area contributed by atoms with Crippen LogP contribution in [0.1, 0.15) is 43.4 Å². The first-order valence-electron chi connectivity index (χ1n) is 14.4. The Balaban J connectivity index is 1.08. The fraction of sp³-hybridized carbons (Fsp3) is 0.467. The molecule has 0 amide bonds. The molecule has 0 radical (unpaired) electrons. The summed E-state index contributed by atoms with van der Waals surface area (Å²) in [6, 6.07) is 9.14. The van der Waals surface area contributed by atoms with Crippen LogP contribution in [0, 0.1) is 11.3 Å². The number of halogens is 3. The number of nitrogens with one attached hydrogen (secondary N) is 2. The van der Waals surface area contributed by atoms with Crippen molar-refractivity contribution in [1.29, 1.82) is 5.26 Å². The van der Waals surface area contributed by atoms with E-state index < -0.39 is 11.9 Å². The molecule has 1 aliphatic heterocycles. The Bertz CT molecular complexity index is 1600. The summed E-state index contributed by atoms with van der Waals surface area (Å²) in [7, 11) is 0. The number of rotatable bonds is 10. The SMILES string of the molecule is N#CCC1(n2cc(-c3ccnc4[nH]ccc34)cn2)CC(N2CCC(Oc3cc(CNCCO)cc(C(F)(F)F)n3)CC2)C1. The van der Waals surface area contributed by atoms with Gasteiger partial charge in [-0.1, -0.05) is 0 Å². The van der Waals surface area contributed by atoms with Crippen molar-refractivity contribution < 1.29 is 23.0 Å². The highest BCUT2D eigenvalue weighted by Crippen LogP contribution is 2.46. The number of pyridine rings is 2. The van der Waals surface area contributed by atoms with Gasteiger partial charge < -0.3 is 20.1 Å². The Kier molecular flexibility index (Phi) is 8.09. The van der Waals surface area contributed by atoms with E-state index in [1.165, 1.54) is 6.07 Å². The van der Waals surface area contributed by atoms with Crippen LogP contribution in [0.3, 0.4) is 0 Å². The minimum absolute atomic E-state index is 0.0358. The second-order valence-corrected chi connectivity index (χ2v) is 11.3. The zero-order chi connectivity index (χ0) is 30.0. The zero-order valence-corrected chi connectivity index (χ0v) is 23.5. The number of aromatic amines is 1. The van der Waals surface area contributed by atoms with Gasteiger partial charge in [0.2, 0.25) is 5.88 Å². The van der Waals surface area contributed by atoms with E-state index >= 15 is 0 Å². The number of hydrogen-bond acceptors (Lipinski definition) is 8. The van der Waals surface area contributed by atoms with Gasteiger partial charge in [0.15, 0.2) is 0 Å². The summed E-state index contributed by atoms with van der Waals surface area (Å²) in [6.07, 6.45) is 5.93. The fourth-order valence-electron chi connectivity index (χ4n) is 6.28. The summed E-state index contributed by atoms with van der Waals surface area (Å²) in [5, 5.41) is 27.2. The van der Waals surface area contributed by atoms with Crippen molar-refractivity contribution in [3.8, 4) is 23.1 Å². The van der Waals surface area contributed by atoms with E-state index in [1.807, 2.05) is 35.4 Å². The number of aliphatic hydroxyl groups is 1. The quantitative estimate of drug-likeness (QED) is 0.233. The fourth-order valence-corrected chi connectivity index (χ4v) is 6.28. The Hall–Kier alpha value is -3.99. The predicted molar refractivity (Wildman–Crippen MR) is 152 cm³/mol. The normalized spacial score (nSPS) is 21.5. The summed E-state index contributed by atoms with van der Waals surface area (Å²) in [5.74, 6) is -0.0358. The van der Waals surface area contributed by atoms with Gasteiger partial charge in [0.1, 0.15) is 17.4 Å². The van der Waals surface area contributed by atoms with Crippen LogP contribution < -0.4 is 10.1 Å². The molecule has 3 N–H and O–H groups in total. The molecular formula is C30H33F3N8O2. The van der Waals surface area contributed by atoms with Crippen molar-refractivity contribution in [2.75, 3.05) is 26.2 Å². The molecule has 5 heterocycles. The maximum atomic E-state index is 13.5. The molecule has 10 nitrogen and oxygen atoms in total. The Morgan fingerprint density at radius 3 is 2.77 bits per heavy atom. The van der Waals surface area contributed by atoms with Crippen LogP contribution in [0.4, 0.5) is 13.2 Å². The van der Waals surface area contributed by atoms with Gasteiger partial charge in [-0.3, -0.25) is 9.58 Å². The van der Waals surface area contributed by atoms with Crippen molar-refractivity contribution in [2.24, 2.45) is 0 Å². The minimum atomic E-state index is -4.59. The molecule has 1 aliphatic carbocycles. The van der Waals surface area contributed by atoms with Crippen LogP contribution in [0.2, 0.25) is 0 Å². The summed E-state index contributed by atoms with van der Waals surface area (Å²) in [6.45, 7) is 1.83. The third kappa shape index (κ3) is 6.08. The van der Waals surface area contributed by atoms with E-state index in [4.69, 9.17) is 9.84 Å². The number of fused-ring (bicyclic) bond motifs is 1. The van der Waals surface area contributed by atoms with Crippen LogP contribution in [-0.4, -0.2) is 73.1 Å². The molecule has 4 aromatic rings. The van der Waals surface area contributed by atoms with E-state index in [-0.39, 0.29) is 43.3 Å². The maximum absolute atomic E-state index is 13.5. The second-order valence-electron chi connectivity index (χ2n) is 11.3. The van der Waals surface area contributed by atoms with Crippen LogP contribution in [0.25, 0.3) is 22.2 Å². The molecule has 2 fully saturated rings. The molecule has 4 aromatic heterocycles. The number of hydrogen-bond donors (Lipinski definition) is 3. The van der Waals surface area contributed by atoms with Crippen molar-refractivity contribution in [1.82, 2.24) is 34.9 Å². The lowest BCUT2D eigenvalue weighted by molar-refractivity contribution is -0.141. The van der Waals surface area contributed by atoms with Crippen molar-refractivity contribution >= 4 is 11.0 Å². The third-order valence-electron chi connectivity index (χ3n) is 8.53. The number of aromatic nitrogens is 5. The van der Waals surface area contributed by atoms with Gasteiger partial charge in [0, 0.05) is 67.8 Å². The van der Waals surface area contributed by atoms with Gasteiger partial charge in [-0.2, -0.15) is 23.5 Å². The van der Waals surface area contributed by atoms with E-state index in [9.17, 15) is 18.4 Å². The molecule has 0 unspecified atom stereocenters. The molecule has 0 bridgehead atoms. The van der Waals surface area contributed by atoms with Gasteiger partial charge in [0.05, 0.1) is 30.8 Å². The Labute approximate surface area is 246 Å².